The number of aliphatic hydroxyl groups excluding tert-OH is 1. The van der Waals surface area contributed by atoms with Gasteiger partial charge in [0.25, 0.3) is 0 Å². The first-order valence-electron chi connectivity index (χ1n) is 4.44. The molecular weight excluding hydrogens is 216 g/mol. The van der Waals surface area contributed by atoms with E-state index in [2.05, 4.69) is 5.32 Å². The molecule has 0 aliphatic carbocycles. The summed E-state index contributed by atoms with van der Waals surface area (Å²) in [6.45, 7) is 0.140. The lowest BCUT2D eigenvalue weighted by atomic mass is 10.1. The highest BCUT2D eigenvalue weighted by Gasteiger charge is 2.07. The number of amides is 1. The number of hydrogen-bond donors (Lipinski definition) is 3. The van der Waals surface area contributed by atoms with Crippen LogP contribution in [-0.4, -0.2) is 24.1 Å². The largest absolute Gasteiger partial charge is 0.387 e. The normalized spacial score (nSPS) is 11.3. The first-order chi connectivity index (χ1) is 6.74. The van der Waals surface area contributed by atoms with Gasteiger partial charge in [-0.15, -0.1) is 12.4 Å². The van der Waals surface area contributed by atoms with E-state index >= 15 is 0 Å². The lowest BCUT2D eigenvalue weighted by molar-refractivity contribution is -0.120. The van der Waals surface area contributed by atoms with Crippen molar-refractivity contribution in [1.29, 1.82) is 0 Å². The number of hydrogen-bond acceptors (Lipinski definition) is 3. The minimum atomic E-state index is -0.674. The fourth-order valence-corrected chi connectivity index (χ4v) is 1.08. The number of aliphatic hydroxyl groups is 1. The molecule has 1 aromatic carbocycles. The number of rotatable bonds is 4. The Kier molecular flexibility index (Phi) is 6.70. The van der Waals surface area contributed by atoms with Gasteiger partial charge in [0, 0.05) is 6.54 Å². The van der Waals surface area contributed by atoms with Gasteiger partial charge in [-0.3, -0.25) is 4.79 Å². The quantitative estimate of drug-likeness (QED) is 0.693. The van der Waals surface area contributed by atoms with Crippen molar-refractivity contribution >= 4 is 18.3 Å². The average molecular weight is 231 g/mol. The summed E-state index contributed by atoms with van der Waals surface area (Å²) in [4.78, 5) is 10.8. The predicted octanol–water partition coefficient (Wildman–Crippen LogP) is 0.217. The first-order valence-corrected chi connectivity index (χ1v) is 4.44. The van der Waals surface area contributed by atoms with Gasteiger partial charge in [-0.1, -0.05) is 30.3 Å². The molecule has 0 aliphatic heterocycles. The Morgan fingerprint density at radius 1 is 1.40 bits per heavy atom. The molecule has 0 saturated carbocycles. The van der Waals surface area contributed by atoms with Crippen molar-refractivity contribution in [2.24, 2.45) is 5.73 Å². The second-order valence-electron chi connectivity index (χ2n) is 2.93. The van der Waals surface area contributed by atoms with Gasteiger partial charge in [-0.2, -0.15) is 0 Å². The van der Waals surface area contributed by atoms with E-state index in [9.17, 15) is 9.90 Å². The van der Waals surface area contributed by atoms with Crippen molar-refractivity contribution in [3.63, 3.8) is 0 Å². The van der Waals surface area contributed by atoms with Crippen molar-refractivity contribution in [1.82, 2.24) is 5.32 Å². The lowest BCUT2D eigenvalue weighted by Crippen LogP contribution is -2.33. The molecule has 1 aromatic rings. The van der Waals surface area contributed by atoms with Gasteiger partial charge in [0.05, 0.1) is 12.6 Å². The van der Waals surface area contributed by atoms with E-state index in [1.807, 2.05) is 18.2 Å². The Labute approximate surface area is 94.9 Å². The van der Waals surface area contributed by atoms with Crippen molar-refractivity contribution in [3.8, 4) is 0 Å². The topological polar surface area (TPSA) is 75.4 Å². The maximum atomic E-state index is 10.8. The highest BCUT2D eigenvalue weighted by Crippen LogP contribution is 2.09. The number of nitrogens with two attached hydrogens (primary N) is 1. The zero-order valence-corrected chi connectivity index (χ0v) is 9.04. The van der Waals surface area contributed by atoms with E-state index in [0.29, 0.717) is 0 Å². The number of halogens is 1. The van der Waals surface area contributed by atoms with Gasteiger partial charge in [0.2, 0.25) is 5.91 Å². The van der Waals surface area contributed by atoms with Crippen LogP contribution in [0.25, 0.3) is 0 Å². The molecule has 1 amide bonds. The molecule has 84 valence electrons. The second kappa shape index (κ2) is 7.23. The third kappa shape index (κ3) is 4.78. The van der Waals surface area contributed by atoms with Crippen LogP contribution in [0.15, 0.2) is 30.3 Å². The fourth-order valence-electron chi connectivity index (χ4n) is 1.08. The van der Waals surface area contributed by atoms with Crippen LogP contribution in [0.1, 0.15) is 11.7 Å². The maximum absolute atomic E-state index is 10.8. The Morgan fingerprint density at radius 3 is 2.53 bits per heavy atom. The molecule has 1 atom stereocenters. The summed E-state index contributed by atoms with van der Waals surface area (Å²) in [5, 5.41) is 12.1. The average Bonchev–Trinajstić information content (AvgIpc) is 2.26. The Balaban J connectivity index is 0.00000196. The molecule has 0 heterocycles. The Bertz CT molecular complexity index is 293. The number of carbonyl (C=O) groups excluding carboxylic acids is 1. The van der Waals surface area contributed by atoms with Crippen LogP contribution in [0.5, 0.6) is 0 Å². The summed E-state index contributed by atoms with van der Waals surface area (Å²) in [5.74, 6) is -0.264. The van der Waals surface area contributed by atoms with Crippen LogP contribution in [0, 0.1) is 0 Å². The van der Waals surface area contributed by atoms with Crippen LogP contribution >= 0.6 is 12.4 Å². The number of carbonyl (C=O) groups is 1. The van der Waals surface area contributed by atoms with Gasteiger partial charge in [0.15, 0.2) is 0 Å². The van der Waals surface area contributed by atoms with Crippen molar-refractivity contribution in [3.05, 3.63) is 35.9 Å². The van der Waals surface area contributed by atoms with E-state index in [1.165, 1.54) is 0 Å². The lowest BCUT2D eigenvalue weighted by Gasteiger charge is -2.11. The van der Waals surface area contributed by atoms with E-state index in [0.717, 1.165) is 5.56 Å². The first kappa shape index (κ1) is 13.9. The van der Waals surface area contributed by atoms with Gasteiger partial charge < -0.3 is 16.2 Å². The highest BCUT2D eigenvalue weighted by molar-refractivity contribution is 5.85. The maximum Gasteiger partial charge on any atom is 0.233 e. The third-order valence-electron chi connectivity index (χ3n) is 1.86. The fraction of sp³-hybridized carbons (Fsp3) is 0.300. The molecule has 1 rings (SSSR count). The Hall–Kier alpha value is -1.10. The molecule has 4 N–H and O–H groups in total. The van der Waals surface area contributed by atoms with Crippen LogP contribution in [-0.2, 0) is 4.79 Å². The molecule has 0 spiro atoms. The SMILES string of the molecule is Cl.NCC(=O)NCC(O)c1ccccc1. The molecule has 0 saturated heterocycles. The molecule has 4 nitrogen and oxygen atoms in total. The molecule has 15 heavy (non-hydrogen) atoms. The summed E-state index contributed by atoms with van der Waals surface area (Å²) in [6, 6.07) is 9.15. The van der Waals surface area contributed by atoms with Crippen molar-refractivity contribution in [2.45, 2.75) is 6.10 Å². The number of benzene rings is 1. The summed E-state index contributed by atoms with van der Waals surface area (Å²) < 4.78 is 0. The molecule has 0 aromatic heterocycles. The van der Waals surface area contributed by atoms with Gasteiger partial charge >= 0.3 is 0 Å². The summed E-state index contributed by atoms with van der Waals surface area (Å²) in [7, 11) is 0. The van der Waals surface area contributed by atoms with E-state index in [4.69, 9.17) is 5.73 Å². The van der Waals surface area contributed by atoms with Gasteiger partial charge in [-0.05, 0) is 5.56 Å². The summed E-state index contributed by atoms with van der Waals surface area (Å²) in [6.07, 6.45) is -0.674. The van der Waals surface area contributed by atoms with E-state index in [1.54, 1.807) is 12.1 Å². The Morgan fingerprint density at radius 2 is 2.00 bits per heavy atom. The van der Waals surface area contributed by atoms with Crippen LogP contribution in [0.4, 0.5) is 0 Å². The molecule has 1 unspecified atom stereocenters. The molecule has 0 fully saturated rings. The molecular formula is C10H15ClN2O2. The standard InChI is InChI=1S/C10H14N2O2.ClH/c11-6-10(14)12-7-9(13)8-4-2-1-3-5-8;/h1-5,9,13H,6-7,11H2,(H,12,14);1H. The summed E-state index contributed by atoms with van der Waals surface area (Å²) >= 11 is 0. The molecule has 5 heteroatoms. The minimum absolute atomic E-state index is 0. The third-order valence-corrected chi connectivity index (χ3v) is 1.86. The zero-order valence-electron chi connectivity index (χ0n) is 8.22. The predicted molar refractivity (Wildman–Crippen MR) is 60.7 cm³/mol. The van der Waals surface area contributed by atoms with Gasteiger partial charge in [-0.25, -0.2) is 0 Å². The zero-order chi connectivity index (χ0) is 10.4. The summed E-state index contributed by atoms with van der Waals surface area (Å²) in [5.41, 5.74) is 5.89. The number of nitrogens with one attached hydrogen (secondary N) is 1. The van der Waals surface area contributed by atoms with Crippen molar-refractivity contribution < 1.29 is 9.90 Å². The molecule has 0 aliphatic rings. The van der Waals surface area contributed by atoms with Crippen molar-refractivity contribution in [2.75, 3.05) is 13.1 Å². The minimum Gasteiger partial charge on any atom is -0.387 e. The smallest absolute Gasteiger partial charge is 0.233 e. The highest BCUT2D eigenvalue weighted by atomic mass is 35.5. The van der Waals surface area contributed by atoms with Crippen LogP contribution in [0.3, 0.4) is 0 Å². The molecule has 0 radical (unpaired) electrons. The van der Waals surface area contributed by atoms with E-state index in [-0.39, 0.29) is 31.4 Å². The van der Waals surface area contributed by atoms with E-state index < -0.39 is 6.10 Å². The monoisotopic (exact) mass is 230 g/mol. The second-order valence-corrected chi connectivity index (χ2v) is 2.93. The van der Waals surface area contributed by atoms with Crippen LogP contribution < -0.4 is 11.1 Å². The molecule has 0 bridgehead atoms. The van der Waals surface area contributed by atoms with Crippen LogP contribution in [0.2, 0.25) is 0 Å². The van der Waals surface area contributed by atoms with Gasteiger partial charge in [0.1, 0.15) is 0 Å².